The zero-order valence-electron chi connectivity index (χ0n) is 1.94. The number of halogens is 3. The van der Waals surface area contributed by atoms with Gasteiger partial charge in [-0.25, -0.2) is 0 Å². The van der Waals surface area contributed by atoms with Crippen LogP contribution in [0.3, 0.4) is 0 Å². The Balaban J connectivity index is 0. The first-order valence-electron chi connectivity index (χ1n) is 0. The summed E-state index contributed by atoms with van der Waals surface area (Å²) in [5, 5.41) is 0. The summed E-state index contributed by atoms with van der Waals surface area (Å²) in [7, 11) is 0. The summed E-state index contributed by atoms with van der Waals surface area (Å²) in [5.74, 6) is 0. The third-order valence-corrected chi connectivity index (χ3v) is 0. The molecular formula is H2Cl3HoO. The smallest absolute Gasteiger partial charge is 1.00 e. The summed E-state index contributed by atoms with van der Waals surface area (Å²) in [4.78, 5) is 0. The van der Waals surface area contributed by atoms with Crippen LogP contribution in [0, 0.1) is 37.7 Å². The van der Waals surface area contributed by atoms with Gasteiger partial charge < -0.3 is 42.7 Å². The molecule has 0 aliphatic heterocycles. The van der Waals surface area contributed by atoms with Crippen molar-refractivity contribution in [1.29, 1.82) is 0 Å². The van der Waals surface area contributed by atoms with E-state index < -0.39 is 0 Å². The Kier molecular flexibility index (Phi) is 435. The molecule has 5 heteroatoms. The molecule has 0 aromatic heterocycles. The van der Waals surface area contributed by atoms with Crippen molar-refractivity contribution in [1.82, 2.24) is 0 Å². The van der Waals surface area contributed by atoms with E-state index in [0.29, 0.717) is 0 Å². The van der Waals surface area contributed by atoms with Crippen LogP contribution in [0.5, 0.6) is 0 Å². The van der Waals surface area contributed by atoms with Crippen LogP contribution in [0.2, 0.25) is 0 Å². The fourth-order valence-electron chi connectivity index (χ4n) is 0. The van der Waals surface area contributed by atoms with Crippen molar-refractivity contribution in [3.05, 3.63) is 0 Å². The number of rotatable bonds is 0. The Bertz CT molecular complexity index is 6.85. The van der Waals surface area contributed by atoms with Crippen LogP contribution in [0.15, 0.2) is 0 Å². The van der Waals surface area contributed by atoms with E-state index in [1.54, 1.807) is 0 Å². The molecule has 0 aliphatic carbocycles. The molecule has 0 amide bonds. The monoisotopic (exact) mass is 288 g/mol. The summed E-state index contributed by atoms with van der Waals surface area (Å²) in [5.41, 5.74) is 0. The molecule has 0 aliphatic rings. The fourth-order valence-corrected chi connectivity index (χ4v) is 0. The molecule has 5 heavy (non-hydrogen) atoms. The van der Waals surface area contributed by atoms with E-state index in [1.165, 1.54) is 0 Å². The molecule has 0 aromatic carbocycles. The van der Waals surface area contributed by atoms with E-state index in [0.717, 1.165) is 0 Å². The maximum atomic E-state index is 0. The molecule has 0 aromatic rings. The van der Waals surface area contributed by atoms with Crippen molar-refractivity contribution >= 4 is 0 Å². The van der Waals surface area contributed by atoms with Gasteiger partial charge in [-0.15, -0.1) is 0 Å². The molecule has 1 nitrogen and oxygen atoms in total. The first-order chi connectivity index (χ1) is 0. The molecule has 0 bridgehead atoms. The Hall–Kier alpha value is 2.09. The van der Waals surface area contributed by atoms with Crippen molar-refractivity contribution in [2.45, 2.75) is 0 Å². The van der Waals surface area contributed by atoms with Gasteiger partial charge in [0.2, 0.25) is 0 Å². The quantitative estimate of drug-likeness (QED) is 0.397. The average Bonchev–Trinajstić information content (AvgIpc) is 0. The summed E-state index contributed by atoms with van der Waals surface area (Å²) in [6.07, 6.45) is 0. The van der Waals surface area contributed by atoms with Gasteiger partial charge in [0.05, 0.1) is 0 Å². The van der Waals surface area contributed by atoms with Gasteiger partial charge in [-0.1, -0.05) is 0 Å². The van der Waals surface area contributed by atoms with E-state index >= 15 is 0 Å². The standard InChI is InChI=1S/3ClH.Ho.H2O/h3*1H;;1H2/q;;;+3;/p-3. The minimum atomic E-state index is 0. The SMILES string of the molecule is O.[Cl-].[Cl-].[Cl-].[Ho+3]. The molecule has 0 atom stereocenters. The predicted molar refractivity (Wildman–Crippen MR) is 3.61 cm³/mol. The number of hydrogen-bond donors (Lipinski definition) is 0. The van der Waals surface area contributed by atoms with Crippen molar-refractivity contribution < 1.29 is 80.4 Å². The Morgan fingerprint density at radius 3 is 0.600 bits per heavy atom. The molecule has 0 saturated heterocycles. The molecule has 0 unspecified atom stereocenters. The maximum absolute atomic E-state index is 0. The van der Waals surface area contributed by atoms with Gasteiger partial charge in [-0.3, -0.25) is 0 Å². The van der Waals surface area contributed by atoms with E-state index in [1.807, 2.05) is 0 Å². The van der Waals surface area contributed by atoms with Crippen LogP contribution in [-0.2, 0) is 0 Å². The molecule has 0 fully saturated rings. The second-order valence-corrected chi connectivity index (χ2v) is 0. The van der Waals surface area contributed by atoms with Crippen molar-refractivity contribution in [2.24, 2.45) is 0 Å². The second kappa shape index (κ2) is 36.1. The van der Waals surface area contributed by atoms with Crippen LogP contribution in [0.4, 0.5) is 0 Å². The Labute approximate surface area is 79.4 Å². The summed E-state index contributed by atoms with van der Waals surface area (Å²) >= 11 is 0. The normalized spacial score (nSPS) is 0. The molecule has 0 heterocycles. The van der Waals surface area contributed by atoms with Crippen LogP contribution >= 0.6 is 0 Å². The van der Waals surface area contributed by atoms with E-state index in [2.05, 4.69) is 0 Å². The molecule has 0 spiro atoms. The van der Waals surface area contributed by atoms with Gasteiger partial charge >= 0.3 is 37.7 Å². The first-order valence-corrected chi connectivity index (χ1v) is 0. The van der Waals surface area contributed by atoms with E-state index in [4.69, 9.17) is 0 Å². The molecule has 40 valence electrons. The van der Waals surface area contributed by atoms with Gasteiger partial charge in [-0.05, 0) is 0 Å². The zero-order chi connectivity index (χ0) is 0. The topological polar surface area (TPSA) is 31.5 Å². The molecule has 0 rings (SSSR count). The average molecular weight is 289 g/mol. The minimum absolute atomic E-state index is 0. The van der Waals surface area contributed by atoms with Gasteiger partial charge in [0.1, 0.15) is 0 Å². The zero-order valence-corrected chi connectivity index (χ0v) is 6.14. The van der Waals surface area contributed by atoms with Gasteiger partial charge in [0.15, 0.2) is 0 Å². The summed E-state index contributed by atoms with van der Waals surface area (Å²) in [6.45, 7) is 0. The maximum Gasteiger partial charge on any atom is 3.00 e. The molecule has 0 radical (unpaired) electrons. The van der Waals surface area contributed by atoms with Crippen LogP contribution in [0.1, 0.15) is 0 Å². The van der Waals surface area contributed by atoms with Crippen LogP contribution < -0.4 is 37.2 Å². The predicted octanol–water partition coefficient (Wildman–Crippen LogP) is -9.81. The van der Waals surface area contributed by atoms with Crippen molar-refractivity contribution in [2.75, 3.05) is 0 Å². The van der Waals surface area contributed by atoms with Crippen LogP contribution in [-0.4, -0.2) is 5.48 Å². The fraction of sp³-hybridized carbons (Fsp3) is 0. The third-order valence-electron chi connectivity index (χ3n) is 0. The largest absolute Gasteiger partial charge is 3.00 e. The van der Waals surface area contributed by atoms with Crippen molar-refractivity contribution in [3.63, 3.8) is 0 Å². The first kappa shape index (κ1) is 60.2. The minimum Gasteiger partial charge on any atom is -1.00 e. The van der Waals surface area contributed by atoms with Gasteiger partial charge in [0.25, 0.3) is 0 Å². The molecular weight excluding hydrogens is 287 g/mol. The van der Waals surface area contributed by atoms with E-state index in [9.17, 15) is 0 Å². The Morgan fingerprint density at radius 1 is 0.600 bits per heavy atom. The van der Waals surface area contributed by atoms with Gasteiger partial charge in [-0.2, -0.15) is 0 Å². The Morgan fingerprint density at radius 2 is 0.600 bits per heavy atom. The van der Waals surface area contributed by atoms with Crippen molar-refractivity contribution in [3.8, 4) is 0 Å². The van der Waals surface area contributed by atoms with Gasteiger partial charge in [0, 0.05) is 0 Å². The van der Waals surface area contributed by atoms with Crippen LogP contribution in [0.25, 0.3) is 0 Å². The summed E-state index contributed by atoms with van der Waals surface area (Å²) < 4.78 is 0. The third kappa shape index (κ3) is 23.3. The second-order valence-electron chi connectivity index (χ2n) is 0. The molecule has 0 saturated carbocycles. The van der Waals surface area contributed by atoms with E-state index in [-0.39, 0.29) is 80.4 Å². The number of hydrogen-bond acceptors (Lipinski definition) is 0. The molecule has 2 N–H and O–H groups in total. The summed E-state index contributed by atoms with van der Waals surface area (Å²) in [6, 6.07) is 0.